The van der Waals surface area contributed by atoms with E-state index in [1.807, 2.05) is 30.3 Å². The van der Waals surface area contributed by atoms with Crippen LogP contribution in [-0.2, 0) is 9.84 Å². The third-order valence-corrected chi connectivity index (χ3v) is 6.38. The van der Waals surface area contributed by atoms with Crippen LogP contribution in [0.15, 0.2) is 36.5 Å². The molecule has 2 aromatic rings. The van der Waals surface area contributed by atoms with Crippen LogP contribution in [-0.4, -0.2) is 24.4 Å². The van der Waals surface area contributed by atoms with Gasteiger partial charge in [0.1, 0.15) is 0 Å². The first-order chi connectivity index (χ1) is 9.59. The number of fused-ring (bicyclic) bond motifs is 1. The lowest BCUT2D eigenvalue weighted by Gasteiger charge is -2.28. The van der Waals surface area contributed by atoms with Crippen molar-refractivity contribution in [1.82, 2.24) is 4.98 Å². The molecule has 106 valence electrons. The molecule has 2 atom stereocenters. The van der Waals surface area contributed by atoms with Gasteiger partial charge in [-0.25, -0.2) is 8.42 Å². The highest BCUT2D eigenvalue weighted by Gasteiger charge is 2.34. The summed E-state index contributed by atoms with van der Waals surface area (Å²) < 4.78 is 24.5. The summed E-state index contributed by atoms with van der Waals surface area (Å²) in [5, 5.41) is 0.477. The molecular formula is C15H18N2O2S. The van der Waals surface area contributed by atoms with Crippen LogP contribution in [0.2, 0.25) is 0 Å². The van der Waals surface area contributed by atoms with Crippen LogP contribution >= 0.6 is 0 Å². The lowest BCUT2D eigenvalue weighted by Crippen LogP contribution is -2.37. The Hall–Kier alpha value is -1.46. The van der Waals surface area contributed by atoms with E-state index >= 15 is 0 Å². The largest absolute Gasteiger partial charge is 0.323 e. The molecule has 3 rings (SSSR count). The minimum absolute atomic E-state index is 0.258. The number of sulfone groups is 1. The zero-order valence-electron chi connectivity index (χ0n) is 11.2. The van der Waals surface area contributed by atoms with E-state index in [-0.39, 0.29) is 5.75 Å². The van der Waals surface area contributed by atoms with Crippen LogP contribution in [0.4, 0.5) is 0 Å². The van der Waals surface area contributed by atoms with E-state index in [4.69, 9.17) is 5.73 Å². The summed E-state index contributed by atoms with van der Waals surface area (Å²) in [5.41, 5.74) is 8.04. The molecule has 0 spiro atoms. The van der Waals surface area contributed by atoms with E-state index in [1.165, 1.54) is 0 Å². The van der Waals surface area contributed by atoms with Gasteiger partial charge >= 0.3 is 0 Å². The Bertz CT molecular complexity index is 722. The Morgan fingerprint density at radius 2 is 2.05 bits per heavy atom. The lowest BCUT2D eigenvalue weighted by atomic mass is 9.96. The van der Waals surface area contributed by atoms with Crippen molar-refractivity contribution < 1.29 is 8.42 Å². The normalized spacial score (nSPS) is 23.6. The van der Waals surface area contributed by atoms with E-state index in [0.717, 1.165) is 29.3 Å². The molecule has 0 aliphatic carbocycles. The molecule has 2 unspecified atom stereocenters. The lowest BCUT2D eigenvalue weighted by molar-refractivity contribution is 0.506. The molecule has 0 bridgehead atoms. The summed E-state index contributed by atoms with van der Waals surface area (Å²) >= 11 is 0. The molecule has 1 saturated heterocycles. The Morgan fingerprint density at radius 3 is 2.85 bits per heavy atom. The van der Waals surface area contributed by atoms with Crippen molar-refractivity contribution in [3.05, 3.63) is 42.1 Å². The summed E-state index contributed by atoms with van der Waals surface area (Å²) in [7, 11) is -3.08. The second-order valence-electron chi connectivity index (χ2n) is 5.34. The van der Waals surface area contributed by atoms with Crippen LogP contribution in [0.5, 0.6) is 0 Å². The van der Waals surface area contributed by atoms with Gasteiger partial charge in [0.15, 0.2) is 9.84 Å². The number of hydrogen-bond donors (Lipinski definition) is 1. The van der Waals surface area contributed by atoms with Crippen LogP contribution in [0, 0.1) is 0 Å². The molecule has 1 aromatic heterocycles. The Balaban J connectivity index is 2.06. The first-order valence-electron chi connectivity index (χ1n) is 6.90. The highest BCUT2D eigenvalue weighted by Crippen LogP contribution is 2.32. The summed E-state index contributed by atoms with van der Waals surface area (Å²) in [4.78, 5) is 4.30. The quantitative estimate of drug-likeness (QED) is 0.920. The van der Waals surface area contributed by atoms with Crippen molar-refractivity contribution in [1.29, 1.82) is 0 Å². The van der Waals surface area contributed by atoms with Gasteiger partial charge in [-0.3, -0.25) is 4.98 Å². The van der Waals surface area contributed by atoms with Crippen molar-refractivity contribution in [3.63, 3.8) is 0 Å². The fourth-order valence-electron chi connectivity index (χ4n) is 3.00. The second-order valence-corrected chi connectivity index (χ2v) is 7.68. The van der Waals surface area contributed by atoms with Crippen molar-refractivity contribution in [3.8, 4) is 0 Å². The van der Waals surface area contributed by atoms with Crippen LogP contribution in [0.1, 0.15) is 30.9 Å². The van der Waals surface area contributed by atoms with Gasteiger partial charge in [-0.2, -0.15) is 0 Å². The topological polar surface area (TPSA) is 73.0 Å². The molecule has 0 saturated carbocycles. The second kappa shape index (κ2) is 5.14. The van der Waals surface area contributed by atoms with Gasteiger partial charge in [0.05, 0.1) is 16.5 Å². The number of rotatable bonds is 2. The molecule has 1 aliphatic heterocycles. The van der Waals surface area contributed by atoms with E-state index in [0.29, 0.717) is 6.42 Å². The van der Waals surface area contributed by atoms with Crippen LogP contribution in [0.25, 0.3) is 10.9 Å². The SMILES string of the molecule is NC(c1cccc2ncccc12)C1CCCCS1(=O)=O. The number of pyridine rings is 1. The van der Waals surface area contributed by atoms with Crippen LogP contribution < -0.4 is 5.73 Å². The monoisotopic (exact) mass is 290 g/mol. The highest BCUT2D eigenvalue weighted by molar-refractivity contribution is 7.92. The summed E-state index contributed by atoms with van der Waals surface area (Å²) in [5.74, 6) is 0.258. The van der Waals surface area contributed by atoms with Gasteiger partial charge in [0.25, 0.3) is 0 Å². The summed E-state index contributed by atoms with van der Waals surface area (Å²) in [6, 6.07) is 9.05. The zero-order valence-corrected chi connectivity index (χ0v) is 12.0. The van der Waals surface area contributed by atoms with Gasteiger partial charge in [-0.15, -0.1) is 0 Å². The van der Waals surface area contributed by atoms with Gasteiger partial charge in [-0.1, -0.05) is 24.6 Å². The van der Waals surface area contributed by atoms with Gasteiger partial charge in [0.2, 0.25) is 0 Å². The number of hydrogen-bond acceptors (Lipinski definition) is 4. The zero-order chi connectivity index (χ0) is 14.2. The maximum absolute atomic E-state index is 12.2. The highest BCUT2D eigenvalue weighted by atomic mass is 32.2. The predicted molar refractivity (Wildman–Crippen MR) is 80.1 cm³/mol. The molecular weight excluding hydrogens is 272 g/mol. The van der Waals surface area contributed by atoms with E-state index in [2.05, 4.69) is 4.98 Å². The molecule has 2 heterocycles. The number of nitrogens with two attached hydrogens (primary N) is 1. The maximum atomic E-state index is 12.2. The minimum atomic E-state index is -3.08. The minimum Gasteiger partial charge on any atom is -0.323 e. The molecule has 0 radical (unpaired) electrons. The molecule has 1 aliphatic rings. The third-order valence-electron chi connectivity index (χ3n) is 4.07. The van der Waals surface area contributed by atoms with Gasteiger partial charge in [0, 0.05) is 17.6 Å². The van der Waals surface area contributed by atoms with E-state index in [1.54, 1.807) is 6.20 Å². The smallest absolute Gasteiger partial charge is 0.155 e. The maximum Gasteiger partial charge on any atom is 0.155 e. The van der Waals surface area contributed by atoms with Crippen molar-refractivity contribution >= 4 is 20.7 Å². The standard InChI is InChI=1S/C15H18N2O2S/c16-15(14-8-1-2-10-20(14,18)19)12-5-3-7-13-11(12)6-4-9-17-13/h3-7,9,14-15H,1-2,8,10,16H2. The van der Waals surface area contributed by atoms with Crippen molar-refractivity contribution in [2.75, 3.05) is 5.75 Å². The Labute approximate surface area is 118 Å². The van der Waals surface area contributed by atoms with Crippen LogP contribution in [0.3, 0.4) is 0 Å². The Morgan fingerprint density at radius 1 is 1.20 bits per heavy atom. The van der Waals surface area contributed by atoms with Crippen molar-refractivity contribution in [2.24, 2.45) is 5.73 Å². The average Bonchev–Trinajstić information content (AvgIpc) is 2.45. The molecule has 1 fully saturated rings. The molecule has 20 heavy (non-hydrogen) atoms. The fraction of sp³-hybridized carbons (Fsp3) is 0.400. The summed E-state index contributed by atoms with van der Waals surface area (Å²) in [6.07, 6.45) is 4.07. The molecule has 0 amide bonds. The third kappa shape index (κ3) is 2.31. The van der Waals surface area contributed by atoms with Crippen molar-refractivity contribution in [2.45, 2.75) is 30.6 Å². The van der Waals surface area contributed by atoms with Gasteiger partial charge < -0.3 is 5.73 Å². The van der Waals surface area contributed by atoms with Gasteiger partial charge in [-0.05, 0) is 30.5 Å². The molecule has 4 nitrogen and oxygen atoms in total. The first kappa shape index (κ1) is 13.5. The fourth-order valence-corrected chi connectivity index (χ4v) is 5.03. The molecule has 2 N–H and O–H groups in total. The number of nitrogens with zero attached hydrogens (tertiary/aromatic N) is 1. The number of benzene rings is 1. The Kier molecular flexibility index (Phi) is 3.48. The molecule has 1 aromatic carbocycles. The van der Waals surface area contributed by atoms with E-state index < -0.39 is 21.1 Å². The average molecular weight is 290 g/mol. The predicted octanol–water partition coefficient (Wildman–Crippen LogP) is 2.20. The number of aromatic nitrogens is 1. The molecule has 5 heteroatoms. The summed E-state index contributed by atoms with van der Waals surface area (Å²) in [6.45, 7) is 0. The first-order valence-corrected chi connectivity index (χ1v) is 8.62. The van der Waals surface area contributed by atoms with E-state index in [9.17, 15) is 8.42 Å².